The lowest BCUT2D eigenvalue weighted by Crippen LogP contribution is -2.35. The molecule has 0 aromatic rings. The first-order valence-corrected chi connectivity index (χ1v) is 7.49. The number of hydrogen-bond acceptors (Lipinski definition) is 1. The zero-order valence-electron chi connectivity index (χ0n) is 10.6. The van der Waals surface area contributed by atoms with Gasteiger partial charge in [0.25, 0.3) is 0 Å². The highest BCUT2D eigenvalue weighted by atomic mass is 28.1. The Hall–Kier alpha value is 0.137. The number of quaternary nitrogens is 1. The van der Waals surface area contributed by atoms with E-state index < -0.39 is 0 Å². The van der Waals surface area contributed by atoms with E-state index in [-0.39, 0.29) is 0 Å². The minimum Gasteiger partial charge on any atom is -0.331 e. The standard InChI is InChI=1S/C11H29N2Si/c1-13(2,3)10-6-4-5-8-12-9-7-11-14/h12H,4-11H2,1-3,14H3/q+1. The molecule has 0 aromatic heterocycles. The highest BCUT2D eigenvalue weighted by molar-refractivity contribution is 6.08. The van der Waals surface area contributed by atoms with E-state index in [9.17, 15) is 0 Å². The molecule has 0 atom stereocenters. The third-order valence-electron chi connectivity index (χ3n) is 2.39. The van der Waals surface area contributed by atoms with Crippen molar-refractivity contribution in [2.75, 3.05) is 40.8 Å². The molecule has 14 heavy (non-hydrogen) atoms. The molecule has 0 amide bonds. The fourth-order valence-electron chi connectivity index (χ4n) is 1.44. The number of hydrogen-bond donors (Lipinski definition) is 1. The summed E-state index contributed by atoms with van der Waals surface area (Å²) in [5.41, 5.74) is 0. The second-order valence-corrected chi connectivity index (χ2v) is 6.18. The van der Waals surface area contributed by atoms with Gasteiger partial charge in [-0.2, -0.15) is 0 Å². The Balaban J connectivity index is 2.99. The van der Waals surface area contributed by atoms with E-state index in [1.165, 1.54) is 61.6 Å². The molecular formula is C11H29N2Si+. The lowest BCUT2D eigenvalue weighted by Gasteiger charge is -2.23. The van der Waals surface area contributed by atoms with Crippen LogP contribution in [0.2, 0.25) is 6.04 Å². The van der Waals surface area contributed by atoms with E-state index in [1.807, 2.05) is 0 Å². The zero-order valence-corrected chi connectivity index (χ0v) is 12.6. The maximum atomic E-state index is 3.50. The van der Waals surface area contributed by atoms with Crippen LogP contribution in [-0.4, -0.2) is 55.5 Å². The first-order valence-electron chi connectivity index (χ1n) is 6.07. The Bertz CT molecular complexity index is 121. The van der Waals surface area contributed by atoms with Crippen molar-refractivity contribution in [3.63, 3.8) is 0 Å². The van der Waals surface area contributed by atoms with Crippen molar-refractivity contribution in [3.8, 4) is 0 Å². The molecule has 1 N–H and O–H groups in total. The third-order valence-corrected chi connectivity index (χ3v) is 3.10. The van der Waals surface area contributed by atoms with E-state index in [2.05, 4.69) is 26.5 Å². The lowest BCUT2D eigenvalue weighted by atomic mass is 10.2. The Morgan fingerprint density at radius 1 is 0.929 bits per heavy atom. The molecule has 0 aliphatic carbocycles. The molecule has 0 saturated carbocycles. The van der Waals surface area contributed by atoms with Gasteiger partial charge in [0.2, 0.25) is 0 Å². The molecule has 0 unspecified atom stereocenters. The molecule has 2 nitrogen and oxygen atoms in total. The van der Waals surface area contributed by atoms with E-state index >= 15 is 0 Å². The summed E-state index contributed by atoms with van der Waals surface area (Å²) in [5.74, 6) is 0. The second kappa shape index (κ2) is 8.45. The largest absolute Gasteiger partial charge is 0.331 e. The Kier molecular flexibility index (Phi) is 8.53. The topological polar surface area (TPSA) is 12.0 Å². The first kappa shape index (κ1) is 14.1. The number of nitrogens with one attached hydrogen (secondary N) is 1. The average molecular weight is 217 g/mol. The van der Waals surface area contributed by atoms with Crippen LogP contribution in [0, 0.1) is 0 Å². The van der Waals surface area contributed by atoms with Crippen molar-refractivity contribution in [1.29, 1.82) is 0 Å². The summed E-state index contributed by atoms with van der Waals surface area (Å²) >= 11 is 0. The van der Waals surface area contributed by atoms with Gasteiger partial charge >= 0.3 is 0 Å². The number of nitrogens with zero attached hydrogens (tertiary/aromatic N) is 1. The van der Waals surface area contributed by atoms with Crippen molar-refractivity contribution in [1.82, 2.24) is 5.32 Å². The van der Waals surface area contributed by atoms with E-state index in [4.69, 9.17) is 0 Å². The SMILES string of the molecule is C[N+](C)(C)CCCCCNCCC[SiH3]. The van der Waals surface area contributed by atoms with E-state index in [0.717, 1.165) is 4.48 Å². The van der Waals surface area contributed by atoms with Crippen molar-refractivity contribution in [2.24, 2.45) is 0 Å². The summed E-state index contributed by atoms with van der Waals surface area (Å²) < 4.78 is 1.11. The average Bonchev–Trinajstić information content (AvgIpc) is 2.08. The quantitative estimate of drug-likeness (QED) is 0.339. The second-order valence-electron chi connectivity index (χ2n) is 5.18. The maximum Gasteiger partial charge on any atom is 0.0780 e. The molecular weight excluding hydrogens is 188 g/mol. The monoisotopic (exact) mass is 217 g/mol. The van der Waals surface area contributed by atoms with Crippen LogP contribution in [0.3, 0.4) is 0 Å². The maximum absolute atomic E-state index is 3.50. The van der Waals surface area contributed by atoms with Crippen LogP contribution in [0.25, 0.3) is 0 Å². The highest BCUT2D eigenvalue weighted by Crippen LogP contribution is 1.99. The van der Waals surface area contributed by atoms with Gasteiger partial charge in [-0.3, -0.25) is 0 Å². The van der Waals surface area contributed by atoms with Gasteiger partial charge < -0.3 is 9.80 Å². The van der Waals surface area contributed by atoms with Gasteiger partial charge in [-0.25, -0.2) is 0 Å². The minimum absolute atomic E-state index is 1.11. The van der Waals surface area contributed by atoms with Gasteiger partial charge in [-0.05, 0) is 38.8 Å². The molecule has 0 rings (SSSR count). The molecule has 0 radical (unpaired) electrons. The highest BCUT2D eigenvalue weighted by Gasteiger charge is 2.04. The van der Waals surface area contributed by atoms with Gasteiger partial charge in [-0.1, -0.05) is 6.04 Å². The minimum atomic E-state index is 1.11. The van der Waals surface area contributed by atoms with Gasteiger partial charge in [-0.15, -0.1) is 0 Å². The summed E-state index contributed by atoms with van der Waals surface area (Å²) in [6.45, 7) is 3.76. The summed E-state index contributed by atoms with van der Waals surface area (Å²) in [7, 11) is 8.16. The lowest BCUT2D eigenvalue weighted by molar-refractivity contribution is -0.870. The summed E-state index contributed by atoms with van der Waals surface area (Å²) in [6, 6.07) is 1.44. The third kappa shape index (κ3) is 12.1. The first-order chi connectivity index (χ1) is 6.56. The molecule has 0 aromatic carbocycles. The predicted octanol–water partition coefficient (Wildman–Crippen LogP) is 0.626. The molecule has 0 saturated heterocycles. The molecule has 0 aliphatic rings. The molecule has 86 valence electrons. The molecule has 0 fully saturated rings. The Labute approximate surface area is 93.1 Å². The number of unbranched alkanes of at least 4 members (excludes halogenated alkanes) is 2. The summed E-state index contributed by atoms with van der Waals surface area (Å²) in [5, 5.41) is 3.50. The normalized spacial score (nSPS) is 12.2. The van der Waals surface area contributed by atoms with E-state index in [1.54, 1.807) is 0 Å². The van der Waals surface area contributed by atoms with Crippen molar-refractivity contribution < 1.29 is 4.48 Å². The summed E-state index contributed by atoms with van der Waals surface area (Å²) in [6.07, 6.45) is 5.47. The van der Waals surface area contributed by atoms with Gasteiger partial charge in [0.1, 0.15) is 0 Å². The van der Waals surface area contributed by atoms with Crippen LogP contribution in [0.4, 0.5) is 0 Å². The van der Waals surface area contributed by atoms with Crippen molar-refractivity contribution in [2.45, 2.75) is 31.7 Å². The molecule has 0 heterocycles. The smallest absolute Gasteiger partial charge is 0.0780 e. The van der Waals surface area contributed by atoms with Crippen LogP contribution in [0.5, 0.6) is 0 Å². The fraction of sp³-hybridized carbons (Fsp3) is 1.00. The van der Waals surface area contributed by atoms with Crippen molar-refractivity contribution >= 4 is 10.2 Å². The Morgan fingerprint density at radius 3 is 2.14 bits per heavy atom. The number of rotatable bonds is 9. The Morgan fingerprint density at radius 2 is 1.57 bits per heavy atom. The van der Waals surface area contributed by atoms with Crippen LogP contribution in [0.1, 0.15) is 25.7 Å². The summed E-state index contributed by atoms with van der Waals surface area (Å²) in [4.78, 5) is 0. The van der Waals surface area contributed by atoms with Crippen LogP contribution >= 0.6 is 0 Å². The van der Waals surface area contributed by atoms with Crippen LogP contribution < -0.4 is 5.32 Å². The van der Waals surface area contributed by atoms with Gasteiger partial charge in [0, 0.05) is 10.2 Å². The molecule has 3 heteroatoms. The van der Waals surface area contributed by atoms with Crippen LogP contribution in [-0.2, 0) is 0 Å². The van der Waals surface area contributed by atoms with E-state index in [0.29, 0.717) is 0 Å². The molecule has 0 aliphatic heterocycles. The van der Waals surface area contributed by atoms with Crippen molar-refractivity contribution in [3.05, 3.63) is 0 Å². The van der Waals surface area contributed by atoms with Crippen LogP contribution in [0.15, 0.2) is 0 Å². The predicted molar refractivity (Wildman–Crippen MR) is 69.0 cm³/mol. The molecule has 0 spiro atoms. The zero-order chi connectivity index (χ0) is 10.9. The molecule has 0 bridgehead atoms. The van der Waals surface area contributed by atoms with Gasteiger partial charge in [0.15, 0.2) is 0 Å². The van der Waals surface area contributed by atoms with Gasteiger partial charge in [0.05, 0.1) is 27.7 Å². The fourth-order valence-corrected chi connectivity index (χ4v) is 1.79.